The standard InChI is InChI=1S/C19H16N2O4S/c1-12(22)13-4-2-6-17-14(13)9-11-21(17)26(24,25)18-7-3-5-16-15(18)8-10-20-19(16)23/h2-12,22H,1H3,(H,20,23). The van der Waals surface area contributed by atoms with E-state index in [1.807, 2.05) is 0 Å². The Balaban J connectivity index is 2.03. The number of hydrogen-bond donors (Lipinski definition) is 2. The van der Waals surface area contributed by atoms with Gasteiger partial charge >= 0.3 is 0 Å². The number of aromatic nitrogens is 2. The molecule has 0 aliphatic rings. The van der Waals surface area contributed by atoms with Crippen LogP contribution in [0.5, 0.6) is 0 Å². The molecular weight excluding hydrogens is 352 g/mol. The van der Waals surface area contributed by atoms with E-state index >= 15 is 0 Å². The van der Waals surface area contributed by atoms with Crippen LogP contribution in [0.15, 0.2) is 70.6 Å². The summed E-state index contributed by atoms with van der Waals surface area (Å²) in [5.74, 6) is 0. The molecule has 2 heterocycles. The molecule has 4 rings (SSSR count). The predicted molar refractivity (Wildman–Crippen MR) is 99.7 cm³/mol. The van der Waals surface area contributed by atoms with Crippen molar-refractivity contribution in [3.05, 3.63) is 76.8 Å². The zero-order chi connectivity index (χ0) is 18.5. The largest absolute Gasteiger partial charge is 0.389 e. The Morgan fingerprint density at radius 3 is 2.54 bits per heavy atom. The van der Waals surface area contributed by atoms with Crippen LogP contribution in [0.2, 0.25) is 0 Å². The monoisotopic (exact) mass is 368 g/mol. The van der Waals surface area contributed by atoms with Gasteiger partial charge in [0.25, 0.3) is 15.6 Å². The minimum Gasteiger partial charge on any atom is -0.389 e. The first-order chi connectivity index (χ1) is 12.4. The molecule has 0 aliphatic heterocycles. The second-order valence-electron chi connectivity index (χ2n) is 6.10. The molecule has 7 heteroatoms. The molecule has 2 N–H and O–H groups in total. The third-order valence-electron chi connectivity index (χ3n) is 4.49. The van der Waals surface area contributed by atoms with E-state index in [0.717, 1.165) is 0 Å². The van der Waals surface area contributed by atoms with Gasteiger partial charge in [0, 0.05) is 28.6 Å². The molecule has 0 saturated heterocycles. The Bertz CT molecular complexity index is 1300. The Kier molecular flexibility index (Phi) is 3.71. The van der Waals surface area contributed by atoms with E-state index in [9.17, 15) is 18.3 Å². The maximum absolute atomic E-state index is 13.3. The fraction of sp³-hybridized carbons (Fsp3) is 0.105. The first kappa shape index (κ1) is 16.6. The van der Waals surface area contributed by atoms with Crippen LogP contribution < -0.4 is 5.56 Å². The lowest BCUT2D eigenvalue weighted by atomic mass is 10.1. The first-order valence-corrected chi connectivity index (χ1v) is 9.49. The minimum atomic E-state index is -3.93. The number of aromatic amines is 1. The average Bonchev–Trinajstić information content (AvgIpc) is 3.06. The van der Waals surface area contributed by atoms with E-state index in [2.05, 4.69) is 4.98 Å². The molecule has 0 radical (unpaired) electrons. The molecule has 0 fully saturated rings. The van der Waals surface area contributed by atoms with Gasteiger partial charge < -0.3 is 10.1 Å². The molecule has 1 unspecified atom stereocenters. The zero-order valence-electron chi connectivity index (χ0n) is 13.9. The van der Waals surface area contributed by atoms with Crippen molar-refractivity contribution in [2.45, 2.75) is 17.9 Å². The SMILES string of the molecule is CC(O)c1cccc2c1ccn2S(=O)(=O)c1cccc2c(=O)[nH]ccc12. The first-order valence-electron chi connectivity index (χ1n) is 8.05. The Morgan fingerprint density at radius 2 is 1.77 bits per heavy atom. The van der Waals surface area contributed by atoms with Crippen LogP contribution in [-0.2, 0) is 10.0 Å². The molecule has 0 aliphatic carbocycles. The van der Waals surface area contributed by atoms with E-state index in [1.54, 1.807) is 49.4 Å². The molecule has 1 atom stereocenters. The van der Waals surface area contributed by atoms with Crippen LogP contribution in [-0.4, -0.2) is 22.5 Å². The van der Waals surface area contributed by atoms with Gasteiger partial charge in [0.05, 0.1) is 16.5 Å². The summed E-state index contributed by atoms with van der Waals surface area (Å²) in [7, 11) is -3.93. The van der Waals surface area contributed by atoms with Crippen molar-refractivity contribution in [3.8, 4) is 0 Å². The van der Waals surface area contributed by atoms with Crippen molar-refractivity contribution in [2.24, 2.45) is 0 Å². The highest BCUT2D eigenvalue weighted by atomic mass is 32.2. The summed E-state index contributed by atoms with van der Waals surface area (Å²) >= 11 is 0. The van der Waals surface area contributed by atoms with Gasteiger partial charge in [-0.05, 0) is 42.8 Å². The fourth-order valence-electron chi connectivity index (χ4n) is 3.26. The van der Waals surface area contributed by atoms with Gasteiger partial charge in [-0.25, -0.2) is 12.4 Å². The van der Waals surface area contributed by atoms with Gasteiger partial charge in [0.1, 0.15) is 0 Å². The van der Waals surface area contributed by atoms with Crippen LogP contribution in [0.3, 0.4) is 0 Å². The third-order valence-corrected chi connectivity index (χ3v) is 6.24. The van der Waals surface area contributed by atoms with Crippen LogP contribution in [0.1, 0.15) is 18.6 Å². The fourth-order valence-corrected chi connectivity index (χ4v) is 4.82. The molecule has 0 bridgehead atoms. The highest BCUT2D eigenvalue weighted by Gasteiger charge is 2.22. The van der Waals surface area contributed by atoms with Crippen molar-refractivity contribution in [1.82, 2.24) is 8.96 Å². The average molecular weight is 368 g/mol. The lowest BCUT2D eigenvalue weighted by molar-refractivity contribution is 0.201. The normalized spacial score (nSPS) is 13.3. The smallest absolute Gasteiger partial charge is 0.268 e. The number of hydrogen-bond acceptors (Lipinski definition) is 4. The number of aliphatic hydroxyl groups is 1. The van der Waals surface area contributed by atoms with Gasteiger partial charge in [-0.15, -0.1) is 0 Å². The number of pyridine rings is 1. The van der Waals surface area contributed by atoms with Crippen LogP contribution >= 0.6 is 0 Å². The molecule has 2 aromatic carbocycles. The summed E-state index contributed by atoms with van der Waals surface area (Å²) < 4.78 is 27.8. The minimum absolute atomic E-state index is 0.0565. The molecule has 6 nitrogen and oxygen atoms in total. The molecule has 26 heavy (non-hydrogen) atoms. The summed E-state index contributed by atoms with van der Waals surface area (Å²) in [6.45, 7) is 1.64. The van der Waals surface area contributed by atoms with Gasteiger partial charge in [-0.3, -0.25) is 4.79 Å². The highest BCUT2D eigenvalue weighted by molar-refractivity contribution is 7.90. The van der Waals surface area contributed by atoms with Gasteiger partial charge in [0.2, 0.25) is 0 Å². The third kappa shape index (κ3) is 2.36. The predicted octanol–water partition coefficient (Wildman–Crippen LogP) is 2.77. The summed E-state index contributed by atoms with van der Waals surface area (Å²) in [4.78, 5) is 14.6. The number of H-pyrrole nitrogens is 1. The Morgan fingerprint density at radius 1 is 1.00 bits per heavy atom. The lowest BCUT2D eigenvalue weighted by Crippen LogP contribution is -2.14. The number of fused-ring (bicyclic) bond motifs is 2. The van der Waals surface area contributed by atoms with Gasteiger partial charge in [-0.2, -0.15) is 0 Å². The number of aliphatic hydroxyl groups excluding tert-OH is 1. The van der Waals surface area contributed by atoms with Crippen LogP contribution in [0.4, 0.5) is 0 Å². The van der Waals surface area contributed by atoms with E-state index < -0.39 is 16.1 Å². The molecule has 0 saturated carbocycles. The molecule has 132 valence electrons. The number of benzene rings is 2. The molecule has 2 aromatic heterocycles. The summed E-state index contributed by atoms with van der Waals surface area (Å²) in [6.07, 6.45) is 2.19. The molecule has 0 amide bonds. The quantitative estimate of drug-likeness (QED) is 0.582. The maximum atomic E-state index is 13.3. The Hall–Kier alpha value is -2.90. The summed E-state index contributed by atoms with van der Waals surface area (Å²) in [5.41, 5.74) is 0.796. The Labute approximate surface area is 149 Å². The van der Waals surface area contributed by atoms with Crippen molar-refractivity contribution in [3.63, 3.8) is 0 Å². The van der Waals surface area contributed by atoms with Crippen molar-refractivity contribution in [1.29, 1.82) is 0 Å². The van der Waals surface area contributed by atoms with E-state index in [0.29, 0.717) is 27.2 Å². The zero-order valence-corrected chi connectivity index (χ0v) is 14.7. The van der Waals surface area contributed by atoms with Crippen molar-refractivity contribution < 1.29 is 13.5 Å². The second-order valence-corrected chi connectivity index (χ2v) is 7.88. The van der Waals surface area contributed by atoms with E-state index in [-0.39, 0.29) is 10.5 Å². The van der Waals surface area contributed by atoms with E-state index in [4.69, 9.17) is 0 Å². The van der Waals surface area contributed by atoms with Gasteiger partial charge in [0.15, 0.2) is 0 Å². The molecule has 0 spiro atoms. The van der Waals surface area contributed by atoms with Crippen molar-refractivity contribution in [2.75, 3.05) is 0 Å². The van der Waals surface area contributed by atoms with Crippen LogP contribution in [0, 0.1) is 0 Å². The summed E-state index contributed by atoms with van der Waals surface area (Å²) in [5, 5.41) is 11.3. The summed E-state index contributed by atoms with van der Waals surface area (Å²) in [6, 6.07) is 13.1. The van der Waals surface area contributed by atoms with Crippen LogP contribution in [0.25, 0.3) is 21.7 Å². The number of nitrogens with one attached hydrogen (secondary N) is 1. The molecule has 4 aromatic rings. The second kappa shape index (κ2) is 5.82. The lowest BCUT2D eigenvalue weighted by Gasteiger charge is -2.11. The topological polar surface area (TPSA) is 92.2 Å². The highest BCUT2D eigenvalue weighted by Crippen LogP contribution is 2.29. The van der Waals surface area contributed by atoms with E-state index in [1.165, 1.54) is 22.4 Å². The number of nitrogens with zero attached hydrogens (tertiary/aromatic N) is 1. The van der Waals surface area contributed by atoms with Crippen molar-refractivity contribution >= 4 is 31.7 Å². The molecular formula is C19H16N2O4S. The maximum Gasteiger partial charge on any atom is 0.268 e. The number of rotatable bonds is 3. The van der Waals surface area contributed by atoms with Gasteiger partial charge in [-0.1, -0.05) is 18.2 Å².